The first kappa shape index (κ1) is 13.0. The number of carboxylic acids is 1. The Labute approximate surface area is 112 Å². The third-order valence-electron chi connectivity index (χ3n) is 2.56. The van der Waals surface area contributed by atoms with Crippen molar-refractivity contribution in [3.63, 3.8) is 0 Å². The molecule has 19 heavy (non-hydrogen) atoms. The van der Waals surface area contributed by atoms with Gasteiger partial charge in [-0.3, -0.25) is 10.1 Å². The van der Waals surface area contributed by atoms with E-state index in [9.17, 15) is 20.0 Å². The molecule has 8 heteroatoms. The van der Waals surface area contributed by atoms with E-state index >= 15 is 0 Å². The normalized spacial score (nSPS) is 10.4. The molecule has 0 radical (unpaired) electrons. The summed E-state index contributed by atoms with van der Waals surface area (Å²) in [6.45, 7) is 1.67. The summed E-state index contributed by atoms with van der Waals surface area (Å²) in [5, 5.41) is 19.9. The zero-order valence-electron chi connectivity index (χ0n) is 9.70. The summed E-state index contributed by atoms with van der Waals surface area (Å²) < 4.78 is 1.47. The number of hydrogen-bond donors (Lipinski definition) is 1. The Morgan fingerprint density at radius 3 is 2.68 bits per heavy atom. The number of benzene rings is 1. The molecule has 1 heterocycles. The molecular weight excluding hydrogens is 274 g/mol. The van der Waals surface area contributed by atoms with Crippen molar-refractivity contribution in [3.05, 3.63) is 51.1 Å². The molecule has 2 rings (SSSR count). The van der Waals surface area contributed by atoms with Gasteiger partial charge in [-0.1, -0.05) is 11.6 Å². The average Bonchev–Trinajstić information content (AvgIpc) is 2.74. The van der Waals surface area contributed by atoms with Crippen LogP contribution in [0.2, 0.25) is 5.02 Å². The van der Waals surface area contributed by atoms with Crippen LogP contribution >= 0.6 is 11.6 Å². The molecule has 0 unspecified atom stereocenters. The van der Waals surface area contributed by atoms with Crippen molar-refractivity contribution in [3.8, 4) is 5.69 Å². The minimum atomic E-state index is -1.30. The molecule has 1 aromatic heterocycles. The van der Waals surface area contributed by atoms with Crippen molar-refractivity contribution >= 4 is 23.3 Å². The van der Waals surface area contributed by atoms with E-state index in [0.29, 0.717) is 5.82 Å². The third-order valence-corrected chi connectivity index (χ3v) is 2.84. The first-order chi connectivity index (χ1) is 8.91. The highest BCUT2D eigenvalue weighted by molar-refractivity contribution is 6.33. The summed E-state index contributed by atoms with van der Waals surface area (Å²) >= 11 is 5.97. The molecule has 0 aliphatic carbocycles. The lowest BCUT2D eigenvalue weighted by Gasteiger charge is -2.11. The van der Waals surface area contributed by atoms with Crippen LogP contribution in [-0.2, 0) is 0 Å². The van der Waals surface area contributed by atoms with Gasteiger partial charge in [0, 0.05) is 24.5 Å². The predicted molar refractivity (Wildman–Crippen MR) is 66.9 cm³/mol. The van der Waals surface area contributed by atoms with Crippen molar-refractivity contribution in [2.45, 2.75) is 6.92 Å². The van der Waals surface area contributed by atoms with E-state index in [2.05, 4.69) is 4.98 Å². The fourth-order valence-corrected chi connectivity index (χ4v) is 2.02. The van der Waals surface area contributed by atoms with Gasteiger partial charge in [0.1, 0.15) is 5.82 Å². The van der Waals surface area contributed by atoms with E-state index in [1.807, 2.05) is 0 Å². The van der Waals surface area contributed by atoms with Crippen LogP contribution in [0.4, 0.5) is 5.69 Å². The molecular formula is C11H8ClN3O4. The minimum absolute atomic E-state index is 0.0206. The standard InChI is InChI=1S/C11H8ClN3O4/c1-6-13-2-3-14(6)10-8(11(16)17)4-7(15(18)19)5-9(10)12/h2-5H,1H3,(H,16,17). The highest BCUT2D eigenvalue weighted by Gasteiger charge is 2.21. The van der Waals surface area contributed by atoms with E-state index in [0.717, 1.165) is 12.1 Å². The van der Waals surface area contributed by atoms with Crippen molar-refractivity contribution in [2.75, 3.05) is 0 Å². The fraction of sp³-hybridized carbons (Fsp3) is 0.0909. The van der Waals surface area contributed by atoms with Crippen LogP contribution in [0.15, 0.2) is 24.5 Å². The van der Waals surface area contributed by atoms with Gasteiger partial charge in [-0.2, -0.15) is 0 Å². The molecule has 0 aliphatic rings. The minimum Gasteiger partial charge on any atom is -0.478 e. The SMILES string of the molecule is Cc1nccn1-c1c(Cl)cc([N+](=O)[O-])cc1C(=O)O. The lowest BCUT2D eigenvalue weighted by atomic mass is 10.1. The monoisotopic (exact) mass is 281 g/mol. The van der Waals surface area contributed by atoms with Gasteiger partial charge in [-0.15, -0.1) is 0 Å². The van der Waals surface area contributed by atoms with E-state index in [1.165, 1.54) is 17.0 Å². The number of aromatic carboxylic acids is 1. The molecule has 0 amide bonds. The van der Waals surface area contributed by atoms with Crippen molar-refractivity contribution < 1.29 is 14.8 Å². The topological polar surface area (TPSA) is 98.3 Å². The van der Waals surface area contributed by atoms with Crippen LogP contribution in [0.25, 0.3) is 5.69 Å². The number of imidazole rings is 1. The Bertz CT molecular complexity index is 681. The average molecular weight is 282 g/mol. The summed E-state index contributed by atoms with van der Waals surface area (Å²) in [4.78, 5) is 25.2. The summed E-state index contributed by atoms with van der Waals surface area (Å²) in [7, 11) is 0. The number of nitrogens with zero attached hydrogens (tertiary/aromatic N) is 3. The van der Waals surface area contributed by atoms with Gasteiger partial charge in [0.15, 0.2) is 0 Å². The zero-order chi connectivity index (χ0) is 14.2. The maximum Gasteiger partial charge on any atom is 0.338 e. The number of aromatic nitrogens is 2. The summed E-state index contributed by atoms with van der Waals surface area (Å²) in [5.41, 5.74) is -0.459. The molecule has 0 bridgehead atoms. The lowest BCUT2D eigenvalue weighted by Crippen LogP contribution is -2.08. The second-order valence-electron chi connectivity index (χ2n) is 3.73. The molecule has 0 saturated heterocycles. The number of halogens is 1. The fourth-order valence-electron chi connectivity index (χ4n) is 1.71. The zero-order valence-corrected chi connectivity index (χ0v) is 10.5. The van der Waals surface area contributed by atoms with Crippen LogP contribution in [-0.4, -0.2) is 25.6 Å². The Morgan fingerprint density at radius 1 is 1.53 bits per heavy atom. The summed E-state index contributed by atoms with van der Waals surface area (Å²) in [6.07, 6.45) is 3.02. The highest BCUT2D eigenvalue weighted by atomic mass is 35.5. The number of carboxylic acid groups (broad SMARTS) is 1. The largest absolute Gasteiger partial charge is 0.478 e. The Kier molecular flexibility index (Phi) is 3.22. The van der Waals surface area contributed by atoms with E-state index in [-0.39, 0.29) is 22.0 Å². The molecule has 0 fully saturated rings. The van der Waals surface area contributed by atoms with Crippen LogP contribution < -0.4 is 0 Å². The number of nitro benzene ring substituents is 1. The molecule has 0 aliphatic heterocycles. The Hall–Kier alpha value is -2.41. The van der Waals surface area contributed by atoms with Crippen molar-refractivity contribution in [2.24, 2.45) is 0 Å². The molecule has 7 nitrogen and oxygen atoms in total. The Balaban J connectivity index is 2.77. The number of aryl methyl sites for hydroxylation is 1. The van der Waals surface area contributed by atoms with Gasteiger partial charge >= 0.3 is 5.97 Å². The number of nitro groups is 1. The van der Waals surface area contributed by atoms with Crippen LogP contribution in [0.1, 0.15) is 16.2 Å². The summed E-state index contributed by atoms with van der Waals surface area (Å²) in [5.74, 6) is -0.771. The molecule has 0 atom stereocenters. The van der Waals surface area contributed by atoms with Gasteiger partial charge in [-0.05, 0) is 6.92 Å². The molecule has 1 aromatic carbocycles. The highest BCUT2D eigenvalue weighted by Crippen LogP contribution is 2.30. The molecule has 0 saturated carbocycles. The van der Waals surface area contributed by atoms with Crippen LogP contribution in [0, 0.1) is 17.0 Å². The summed E-state index contributed by atoms with van der Waals surface area (Å²) in [6, 6.07) is 2.09. The van der Waals surface area contributed by atoms with Crippen molar-refractivity contribution in [1.29, 1.82) is 0 Å². The first-order valence-corrected chi connectivity index (χ1v) is 5.51. The quantitative estimate of drug-likeness (QED) is 0.688. The second kappa shape index (κ2) is 4.69. The molecule has 1 N–H and O–H groups in total. The third kappa shape index (κ3) is 2.27. The number of hydrogen-bond acceptors (Lipinski definition) is 4. The smallest absolute Gasteiger partial charge is 0.338 e. The van der Waals surface area contributed by atoms with E-state index in [1.54, 1.807) is 6.92 Å². The maximum atomic E-state index is 11.2. The van der Waals surface area contributed by atoms with Gasteiger partial charge in [0.05, 0.1) is 21.2 Å². The predicted octanol–water partition coefficient (Wildman–Crippen LogP) is 2.44. The number of rotatable bonds is 3. The maximum absolute atomic E-state index is 11.2. The number of carbonyl (C=O) groups is 1. The van der Waals surface area contributed by atoms with Gasteiger partial charge < -0.3 is 9.67 Å². The molecule has 98 valence electrons. The van der Waals surface area contributed by atoms with Gasteiger partial charge in [0.25, 0.3) is 5.69 Å². The number of non-ortho nitro benzene ring substituents is 1. The van der Waals surface area contributed by atoms with E-state index in [4.69, 9.17) is 11.6 Å². The van der Waals surface area contributed by atoms with Crippen molar-refractivity contribution in [1.82, 2.24) is 9.55 Å². The molecule has 0 spiro atoms. The Morgan fingerprint density at radius 2 is 2.21 bits per heavy atom. The van der Waals surface area contributed by atoms with Crippen LogP contribution in [0.5, 0.6) is 0 Å². The second-order valence-corrected chi connectivity index (χ2v) is 4.14. The van der Waals surface area contributed by atoms with Gasteiger partial charge in [-0.25, -0.2) is 9.78 Å². The molecule has 2 aromatic rings. The lowest BCUT2D eigenvalue weighted by molar-refractivity contribution is -0.384. The van der Waals surface area contributed by atoms with Crippen LogP contribution in [0.3, 0.4) is 0 Å². The first-order valence-electron chi connectivity index (χ1n) is 5.13. The van der Waals surface area contributed by atoms with E-state index < -0.39 is 10.9 Å². The van der Waals surface area contributed by atoms with Gasteiger partial charge in [0.2, 0.25) is 0 Å².